The highest BCUT2D eigenvalue weighted by atomic mass is 16.5. The van der Waals surface area contributed by atoms with Gasteiger partial charge in [0.15, 0.2) is 0 Å². The van der Waals surface area contributed by atoms with Crippen LogP contribution in [0.5, 0.6) is 0 Å². The Morgan fingerprint density at radius 2 is 1.54 bits per heavy atom. The summed E-state index contributed by atoms with van der Waals surface area (Å²) in [5, 5.41) is 7.00. The molecule has 26 heavy (non-hydrogen) atoms. The third kappa shape index (κ3) is 3.68. The Kier molecular flexibility index (Phi) is 5.49. The summed E-state index contributed by atoms with van der Waals surface area (Å²) in [4.78, 5) is 24.2. The number of rotatable bonds is 6. The Morgan fingerprint density at radius 1 is 0.962 bits per heavy atom. The molecule has 0 heterocycles. The topological polar surface area (TPSA) is 64.6 Å². The standard InChI is InChI=1S/C21H21NO4/c1-25-13-20(23)22-19(21(24)26-2)12-18-16-9-5-3-7-14(16)11-15-8-4-6-10-17(15)18/h3-11,19H,12-13H2,1-2H3,(H,22,23)/t19-/m1/s1. The number of benzene rings is 3. The van der Waals surface area contributed by atoms with Crippen LogP contribution >= 0.6 is 0 Å². The van der Waals surface area contributed by atoms with Crippen LogP contribution < -0.4 is 5.32 Å². The summed E-state index contributed by atoms with van der Waals surface area (Å²) in [5.74, 6) is -0.834. The Labute approximate surface area is 151 Å². The summed E-state index contributed by atoms with van der Waals surface area (Å²) < 4.78 is 9.74. The van der Waals surface area contributed by atoms with Gasteiger partial charge in [0.1, 0.15) is 12.6 Å². The lowest BCUT2D eigenvalue weighted by atomic mass is 9.92. The minimum Gasteiger partial charge on any atom is -0.467 e. The molecule has 0 bridgehead atoms. The maximum atomic E-state index is 12.3. The number of nitrogens with one attached hydrogen (secondary N) is 1. The Balaban J connectivity index is 2.08. The lowest BCUT2D eigenvalue weighted by Gasteiger charge is -2.19. The quantitative estimate of drug-likeness (QED) is 0.548. The van der Waals surface area contributed by atoms with Crippen molar-refractivity contribution in [2.24, 2.45) is 0 Å². The first-order chi connectivity index (χ1) is 12.6. The highest BCUT2D eigenvalue weighted by Gasteiger charge is 2.23. The van der Waals surface area contributed by atoms with E-state index in [2.05, 4.69) is 11.4 Å². The predicted molar refractivity (Wildman–Crippen MR) is 101 cm³/mol. The normalized spacial score (nSPS) is 12.1. The number of carbonyl (C=O) groups excluding carboxylic acids is 2. The molecule has 1 N–H and O–H groups in total. The van der Waals surface area contributed by atoms with E-state index in [1.807, 2.05) is 48.5 Å². The van der Waals surface area contributed by atoms with Crippen molar-refractivity contribution in [2.45, 2.75) is 12.5 Å². The highest BCUT2D eigenvalue weighted by molar-refractivity contribution is 6.02. The molecule has 0 saturated carbocycles. The molecule has 0 aromatic heterocycles. The number of carbonyl (C=O) groups is 2. The van der Waals surface area contributed by atoms with Crippen molar-refractivity contribution in [3.63, 3.8) is 0 Å². The molecule has 0 radical (unpaired) electrons. The summed E-state index contributed by atoms with van der Waals surface area (Å²) in [6.07, 6.45) is 0.337. The van der Waals surface area contributed by atoms with Crippen LogP contribution in [0, 0.1) is 0 Å². The van der Waals surface area contributed by atoms with E-state index in [1.54, 1.807) is 0 Å². The molecule has 0 aliphatic rings. The third-order valence-electron chi connectivity index (χ3n) is 4.39. The van der Waals surface area contributed by atoms with E-state index in [-0.39, 0.29) is 12.5 Å². The molecule has 3 aromatic carbocycles. The first-order valence-corrected chi connectivity index (χ1v) is 8.39. The molecule has 0 unspecified atom stereocenters. The molecular weight excluding hydrogens is 330 g/mol. The Bertz CT molecular complexity index is 897. The van der Waals surface area contributed by atoms with Gasteiger partial charge in [0.2, 0.25) is 5.91 Å². The van der Waals surface area contributed by atoms with Gasteiger partial charge in [-0.05, 0) is 33.2 Å². The van der Waals surface area contributed by atoms with E-state index in [4.69, 9.17) is 9.47 Å². The number of hydrogen-bond acceptors (Lipinski definition) is 4. The second-order valence-corrected chi connectivity index (χ2v) is 6.08. The molecule has 0 fully saturated rings. The van der Waals surface area contributed by atoms with Gasteiger partial charge in [-0.2, -0.15) is 0 Å². The van der Waals surface area contributed by atoms with Gasteiger partial charge in [-0.3, -0.25) is 4.79 Å². The minimum absolute atomic E-state index is 0.107. The van der Waals surface area contributed by atoms with Crippen LogP contribution in [0.1, 0.15) is 5.56 Å². The second-order valence-electron chi connectivity index (χ2n) is 6.08. The highest BCUT2D eigenvalue weighted by Crippen LogP contribution is 2.29. The Hall–Kier alpha value is -2.92. The van der Waals surface area contributed by atoms with Gasteiger partial charge in [-0.25, -0.2) is 4.79 Å². The number of esters is 1. The van der Waals surface area contributed by atoms with Gasteiger partial charge in [0.25, 0.3) is 0 Å². The molecule has 3 rings (SSSR count). The van der Waals surface area contributed by atoms with Crippen LogP contribution in [-0.4, -0.2) is 38.7 Å². The molecule has 134 valence electrons. The lowest BCUT2D eigenvalue weighted by Crippen LogP contribution is -2.44. The summed E-state index contributed by atoms with van der Waals surface area (Å²) in [5.41, 5.74) is 1.01. The second kappa shape index (κ2) is 7.97. The van der Waals surface area contributed by atoms with Crippen molar-refractivity contribution in [1.82, 2.24) is 5.32 Å². The molecule has 0 aliphatic heterocycles. The van der Waals surface area contributed by atoms with Crippen molar-refractivity contribution in [3.05, 3.63) is 60.2 Å². The van der Waals surface area contributed by atoms with Crippen molar-refractivity contribution >= 4 is 33.4 Å². The number of fused-ring (bicyclic) bond motifs is 2. The van der Waals surface area contributed by atoms with E-state index in [1.165, 1.54) is 14.2 Å². The van der Waals surface area contributed by atoms with Crippen LogP contribution in [0.4, 0.5) is 0 Å². The van der Waals surface area contributed by atoms with Gasteiger partial charge in [0, 0.05) is 13.5 Å². The van der Waals surface area contributed by atoms with Gasteiger partial charge >= 0.3 is 5.97 Å². The zero-order valence-electron chi connectivity index (χ0n) is 14.8. The van der Waals surface area contributed by atoms with E-state index in [9.17, 15) is 9.59 Å². The number of ether oxygens (including phenoxy) is 2. The summed E-state index contributed by atoms with van der Waals surface area (Å²) in [7, 11) is 2.75. The van der Waals surface area contributed by atoms with Crippen molar-refractivity contribution in [3.8, 4) is 0 Å². The zero-order chi connectivity index (χ0) is 18.5. The van der Waals surface area contributed by atoms with Crippen LogP contribution in [0.25, 0.3) is 21.5 Å². The smallest absolute Gasteiger partial charge is 0.328 e. The Morgan fingerprint density at radius 3 is 2.08 bits per heavy atom. The van der Waals surface area contributed by atoms with Crippen molar-refractivity contribution in [1.29, 1.82) is 0 Å². The predicted octanol–water partition coefficient (Wildman–Crippen LogP) is 2.84. The van der Waals surface area contributed by atoms with Crippen LogP contribution in [0.15, 0.2) is 54.6 Å². The molecule has 3 aromatic rings. The summed E-state index contributed by atoms with van der Waals surface area (Å²) >= 11 is 0. The van der Waals surface area contributed by atoms with Crippen molar-refractivity contribution in [2.75, 3.05) is 20.8 Å². The maximum Gasteiger partial charge on any atom is 0.328 e. The van der Waals surface area contributed by atoms with E-state index in [0.717, 1.165) is 27.1 Å². The number of hydrogen-bond donors (Lipinski definition) is 1. The SMILES string of the molecule is COCC(=O)N[C@H](Cc1c2ccccc2cc2ccccc12)C(=O)OC. The van der Waals surface area contributed by atoms with Crippen LogP contribution in [0.2, 0.25) is 0 Å². The largest absolute Gasteiger partial charge is 0.467 e. The number of amides is 1. The molecule has 1 atom stereocenters. The van der Waals surface area contributed by atoms with Gasteiger partial charge < -0.3 is 14.8 Å². The van der Waals surface area contributed by atoms with E-state index >= 15 is 0 Å². The molecule has 0 aliphatic carbocycles. The van der Waals surface area contributed by atoms with Gasteiger partial charge in [-0.15, -0.1) is 0 Å². The lowest BCUT2D eigenvalue weighted by molar-refractivity contribution is -0.145. The first-order valence-electron chi connectivity index (χ1n) is 8.39. The molecule has 1 amide bonds. The zero-order valence-corrected chi connectivity index (χ0v) is 14.8. The fourth-order valence-electron chi connectivity index (χ4n) is 3.23. The van der Waals surface area contributed by atoms with E-state index in [0.29, 0.717) is 6.42 Å². The minimum atomic E-state index is -0.781. The number of methoxy groups -OCH3 is 2. The average Bonchev–Trinajstić information content (AvgIpc) is 2.66. The summed E-state index contributed by atoms with van der Waals surface area (Å²) in [6.45, 7) is -0.107. The fraction of sp³-hybridized carbons (Fsp3) is 0.238. The third-order valence-corrected chi connectivity index (χ3v) is 4.39. The monoisotopic (exact) mass is 351 g/mol. The first kappa shape index (κ1) is 17.9. The van der Waals surface area contributed by atoms with Gasteiger partial charge in [-0.1, -0.05) is 48.5 Å². The maximum absolute atomic E-state index is 12.3. The molecule has 5 heteroatoms. The van der Waals surface area contributed by atoms with Crippen LogP contribution in [0.3, 0.4) is 0 Å². The summed E-state index contributed by atoms with van der Waals surface area (Å²) in [6, 6.07) is 17.4. The van der Waals surface area contributed by atoms with Crippen LogP contribution in [-0.2, 0) is 25.5 Å². The van der Waals surface area contributed by atoms with E-state index < -0.39 is 12.0 Å². The van der Waals surface area contributed by atoms with Crippen molar-refractivity contribution < 1.29 is 19.1 Å². The van der Waals surface area contributed by atoms with Gasteiger partial charge in [0.05, 0.1) is 7.11 Å². The average molecular weight is 351 g/mol. The molecule has 5 nitrogen and oxygen atoms in total. The molecular formula is C21H21NO4. The molecule has 0 saturated heterocycles. The fourth-order valence-corrected chi connectivity index (χ4v) is 3.23. The molecule has 0 spiro atoms.